The van der Waals surface area contributed by atoms with Crippen LogP contribution in [0.25, 0.3) is 0 Å². The minimum atomic E-state index is 0.489. The smallest absolute Gasteiger partial charge is 0.123 e. The maximum absolute atomic E-state index is 5.75. The van der Waals surface area contributed by atoms with E-state index < -0.39 is 0 Å². The Balaban J connectivity index is 2.02. The predicted molar refractivity (Wildman–Crippen MR) is 80.3 cm³/mol. The maximum Gasteiger partial charge on any atom is 0.123 e. The molecule has 0 aliphatic carbocycles. The lowest BCUT2D eigenvalue weighted by Gasteiger charge is -2.17. The summed E-state index contributed by atoms with van der Waals surface area (Å²) in [6, 6.07) is 10.2. The average molecular weight is 271 g/mol. The normalized spacial score (nSPS) is 10.8. The van der Waals surface area contributed by atoms with E-state index in [2.05, 4.69) is 35.1 Å². The van der Waals surface area contributed by atoms with E-state index in [9.17, 15) is 0 Å². The van der Waals surface area contributed by atoms with Crippen LogP contribution in [0, 0.1) is 0 Å². The molecular formula is C16H21N3O. The van der Waals surface area contributed by atoms with Gasteiger partial charge in [0.25, 0.3) is 0 Å². The van der Waals surface area contributed by atoms with E-state index in [1.807, 2.05) is 18.3 Å². The van der Waals surface area contributed by atoms with Crippen molar-refractivity contribution in [1.29, 1.82) is 0 Å². The summed E-state index contributed by atoms with van der Waals surface area (Å²) in [6.07, 6.45) is 3.69. The second-order valence-corrected chi connectivity index (χ2v) is 4.88. The molecule has 1 heterocycles. The Hall–Kier alpha value is -1.91. The second kappa shape index (κ2) is 7.03. The summed E-state index contributed by atoms with van der Waals surface area (Å²) in [4.78, 5) is 6.38. The van der Waals surface area contributed by atoms with Crippen molar-refractivity contribution in [1.82, 2.24) is 9.88 Å². The molecule has 2 N–H and O–H groups in total. The lowest BCUT2D eigenvalue weighted by molar-refractivity contribution is 0.318. The highest BCUT2D eigenvalue weighted by Gasteiger charge is 2.06. The molecule has 2 aromatic rings. The van der Waals surface area contributed by atoms with Crippen LogP contribution >= 0.6 is 0 Å². The molecule has 0 fully saturated rings. The van der Waals surface area contributed by atoms with Gasteiger partial charge in [0.05, 0.1) is 7.11 Å². The van der Waals surface area contributed by atoms with E-state index in [0.29, 0.717) is 6.54 Å². The van der Waals surface area contributed by atoms with Crippen molar-refractivity contribution in [3.8, 4) is 5.75 Å². The van der Waals surface area contributed by atoms with Crippen molar-refractivity contribution in [2.24, 2.45) is 5.73 Å². The molecule has 4 nitrogen and oxygen atoms in total. The fourth-order valence-corrected chi connectivity index (χ4v) is 2.26. The third-order valence-corrected chi connectivity index (χ3v) is 3.19. The van der Waals surface area contributed by atoms with Crippen LogP contribution in [0.3, 0.4) is 0 Å². The molecule has 0 atom stereocenters. The highest BCUT2D eigenvalue weighted by Crippen LogP contribution is 2.20. The number of nitrogens with zero attached hydrogens (tertiary/aromatic N) is 2. The molecule has 0 bridgehead atoms. The first-order valence-corrected chi connectivity index (χ1v) is 6.66. The minimum absolute atomic E-state index is 0.489. The first-order valence-electron chi connectivity index (χ1n) is 6.66. The topological polar surface area (TPSA) is 51.4 Å². The molecule has 0 spiro atoms. The summed E-state index contributed by atoms with van der Waals surface area (Å²) >= 11 is 0. The quantitative estimate of drug-likeness (QED) is 0.875. The minimum Gasteiger partial charge on any atom is -0.496 e. The fourth-order valence-electron chi connectivity index (χ4n) is 2.26. The predicted octanol–water partition coefficient (Wildman–Crippen LogP) is 2.18. The van der Waals surface area contributed by atoms with E-state index in [4.69, 9.17) is 10.5 Å². The Bertz CT molecular complexity index is 543. The number of ether oxygens (including phenoxy) is 1. The molecule has 0 aliphatic heterocycles. The second-order valence-electron chi connectivity index (χ2n) is 4.88. The van der Waals surface area contributed by atoms with Gasteiger partial charge in [-0.1, -0.05) is 12.1 Å². The van der Waals surface area contributed by atoms with Gasteiger partial charge in [0.15, 0.2) is 0 Å². The zero-order chi connectivity index (χ0) is 14.4. The van der Waals surface area contributed by atoms with Crippen molar-refractivity contribution >= 4 is 0 Å². The van der Waals surface area contributed by atoms with Crippen molar-refractivity contribution in [3.63, 3.8) is 0 Å². The third-order valence-electron chi connectivity index (χ3n) is 3.19. The number of rotatable bonds is 6. The van der Waals surface area contributed by atoms with Gasteiger partial charge in [-0.3, -0.25) is 9.88 Å². The Morgan fingerprint density at radius 2 is 2.00 bits per heavy atom. The molecule has 0 aliphatic rings. The molecule has 20 heavy (non-hydrogen) atoms. The Kier molecular flexibility index (Phi) is 5.09. The van der Waals surface area contributed by atoms with Crippen LogP contribution in [0.4, 0.5) is 0 Å². The number of nitrogens with two attached hydrogens (primary N) is 1. The number of methoxy groups -OCH3 is 1. The van der Waals surface area contributed by atoms with Gasteiger partial charge in [-0.2, -0.15) is 0 Å². The van der Waals surface area contributed by atoms with Crippen LogP contribution in [0.1, 0.15) is 16.7 Å². The molecule has 0 saturated carbocycles. The maximum atomic E-state index is 5.75. The molecule has 1 aromatic heterocycles. The SMILES string of the molecule is COc1ccc(CN(C)Cc2cccnc2)cc1CN. The van der Waals surface area contributed by atoms with Crippen molar-refractivity contribution < 1.29 is 4.74 Å². The summed E-state index contributed by atoms with van der Waals surface area (Å²) < 4.78 is 5.29. The lowest BCUT2D eigenvalue weighted by atomic mass is 10.1. The van der Waals surface area contributed by atoms with E-state index in [1.54, 1.807) is 13.3 Å². The molecule has 0 saturated heterocycles. The number of benzene rings is 1. The zero-order valence-corrected chi connectivity index (χ0v) is 12.0. The van der Waals surface area contributed by atoms with Crippen molar-refractivity contribution in [2.45, 2.75) is 19.6 Å². The molecule has 4 heteroatoms. The zero-order valence-electron chi connectivity index (χ0n) is 12.0. The van der Waals surface area contributed by atoms with Crippen LogP contribution in [-0.2, 0) is 19.6 Å². The van der Waals surface area contributed by atoms with Gasteiger partial charge >= 0.3 is 0 Å². The molecule has 0 radical (unpaired) electrons. The van der Waals surface area contributed by atoms with Crippen LogP contribution in [0.5, 0.6) is 5.75 Å². The van der Waals surface area contributed by atoms with E-state index >= 15 is 0 Å². The molecular weight excluding hydrogens is 250 g/mol. The third kappa shape index (κ3) is 3.79. The van der Waals surface area contributed by atoms with E-state index in [-0.39, 0.29) is 0 Å². The van der Waals surface area contributed by atoms with Crippen molar-refractivity contribution in [2.75, 3.05) is 14.2 Å². The number of pyridine rings is 1. The van der Waals surface area contributed by atoms with Gasteiger partial charge in [0.1, 0.15) is 5.75 Å². The molecule has 0 amide bonds. The van der Waals surface area contributed by atoms with Crippen molar-refractivity contribution in [3.05, 3.63) is 59.4 Å². The number of hydrogen-bond donors (Lipinski definition) is 1. The van der Waals surface area contributed by atoms with Crippen LogP contribution < -0.4 is 10.5 Å². The fraction of sp³-hybridized carbons (Fsp3) is 0.312. The Morgan fingerprint density at radius 1 is 1.20 bits per heavy atom. The summed E-state index contributed by atoms with van der Waals surface area (Å²) in [5.41, 5.74) is 9.23. The highest BCUT2D eigenvalue weighted by molar-refractivity contribution is 5.37. The summed E-state index contributed by atoms with van der Waals surface area (Å²) in [5.74, 6) is 0.853. The number of aromatic nitrogens is 1. The van der Waals surface area contributed by atoms with Gasteiger partial charge in [0.2, 0.25) is 0 Å². The lowest BCUT2D eigenvalue weighted by Crippen LogP contribution is -2.17. The Labute approximate surface area is 120 Å². The van der Waals surface area contributed by atoms with Gasteiger partial charge in [-0.25, -0.2) is 0 Å². The standard InChI is InChI=1S/C16H21N3O/c1-19(12-14-4-3-7-18-10-14)11-13-5-6-16(20-2)15(8-13)9-17/h3-8,10H,9,11-12,17H2,1-2H3. The van der Waals surface area contributed by atoms with Gasteiger partial charge in [0, 0.05) is 37.6 Å². The van der Waals surface area contributed by atoms with Gasteiger partial charge in [-0.05, 0) is 36.4 Å². The summed E-state index contributed by atoms with van der Waals surface area (Å²) in [6.45, 7) is 2.23. The van der Waals surface area contributed by atoms with E-state index in [1.165, 1.54) is 11.1 Å². The molecule has 2 rings (SSSR count). The number of hydrogen-bond acceptors (Lipinski definition) is 4. The molecule has 106 valence electrons. The largest absolute Gasteiger partial charge is 0.496 e. The average Bonchev–Trinajstić information content (AvgIpc) is 2.48. The van der Waals surface area contributed by atoms with Gasteiger partial charge < -0.3 is 10.5 Å². The van der Waals surface area contributed by atoms with Crippen LogP contribution in [-0.4, -0.2) is 24.0 Å². The van der Waals surface area contributed by atoms with Crippen LogP contribution in [0.2, 0.25) is 0 Å². The molecule has 0 unspecified atom stereocenters. The van der Waals surface area contributed by atoms with E-state index in [0.717, 1.165) is 24.4 Å². The van der Waals surface area contributed by atoms with Crippen LogP contribution in [0.15, 0.2) is 42.7 Å². The summed E-state index contributed by atoms with van der Waals surface area (Å²) in [5, 5.41) is 0. The first kappa shape index (κ1) is 14.5. The molecule has 1 aromatic carbocycles. The highest BCUT2D eigenvalue weighted by atomic mass is 16.5. The Morgan fingerprint density at radius 3 is 2.65 bits per heavy atom. The monoisotopic (exact) mass is 271 g/mol. The van der Waals surface area contributed by atoms with Gasteiger partial charge in [-0.15, -0.1) is 0 Å². The summed E-state index contributed by atoms with van der Waals surface area (Å²) in [7, 11) is 3.77. The first-order chi connectivity index (χ1) is 9.72.